The highest BCUT2D eigenvalue weighted by Crippen LogP contribution is 2.37. The van der Waals surface area contributed by atoms with E-state index in [1.165, 1.54) is 25.0 Å². The van der Waals surface area contributed by atoms with Crippen LogP contribution in [-0.2, 0) is 0 Å². The Morgan fingerprint density at radius 2 is 2.43 bits per heavy atom. The lowest BCUT2D eigenvalue weighted by Crippen LogP contribution is -2.47. The van der Waals surface area contributed by atoms with Gasteiger partial charge in [0.15, 0.2) is 0 Å². The van der Waals surface area contributed by atoms with E-state index in [4.69, 9.17) is 0 Å². The van der Waals surface area contributed by atoms with Crippen LogP contribution in [0.1, 0.15) is 32.6 Å². The summed E-state index contributed by atoms with van der Waals surface area (Å²) in [6.07, 6.45) is 6.79. The number of nitrogens with one attached hydrogen (secondary N) is 1. The molecule has 0 bridgehead atoms. The van der Waals surface area contributed by atoms with Crippen molar-refractivity contribution in [2.24, 2.45) is 5.92 Å². The number of rotatable bonds is 5. The minimum Gasteiger partial charge on any atom is -0.299 e. The zero-order chi connectivity index (χ0) is 10.4. The van der Waals surface area contributed by atoms with E-state index < -0.39 is 0 Å². The zero-order valence-corrected chi connectivity index (χ0v) is 9.99. The smallest absolute Gasteiger partial charge is 0.109 e. The van der Waals surface area contributed by atoms with Gasteiger partial charge in [0.25, 0.3) is 0 Å². The van der Waals surface area contributed by atoms with Gasteiger partial charge >= 0.3 is 0 Å². The molecule has 0 aromatic heterocycles. The molecule has 80 valence electrons. The summed E-state index contributed by atoms with van der Waals surface area (Å²) in [6, 6.07) is 2.52. The van der Waals surface area contributed by atoms with Crippen LogP contribution in [0.25, 0.3) is 0 Å². The molecule has 2 atom stereocenters. The van der Waals surface area contributed by atoms with E-state index in [-0.39, 0.29) is 5.54 Å². The van der Waals surface area contributed by atoms with E-state index in [9.17, 15) is 5.26 Å². The number of nitriles is 1. The predicted octanol–water partition coefficient (Wildman–Crippen LogP) is 2.41. The van der Waals surface area contributed by atoms with Crippen molar-refractivity contribution in [2.45, 2.75) is 38.1 Å². The Balaban J connectivity index is 2.59. The fraction of sp³-hybridized carbons (Fsp3) is 0.909. The molecular formula is C11H20N2S. The number of hydrogen-bond donors (Lipinski definition) is 1. The molecule has 0 amide bonds. The first-order chi connectivity index (χ1) is 6.79. The first-order valence-electron chi connectivity index (χ1n) is 5.44. The molecule has 0 spiro atoms. The van der Waals surface area contributed by atoms with E-state index in [0.717, 1.165) is 13.0 Å². The molecule has 1 N–H and O–H groups in total. The number of thioether (sulfide) groups is 1. The van der Waals surface area contributed by atoms with E-state index in [1.807, 2.05) is 11.8 Å². The molecule has 0 saturated heterocycles. The summed E-state index contributed by atoms with van der Waals surface area (Å²) in [5, 5.41) is 12.7. The summed E-state index contributed by atoms with van der Waals surface area (Å²) < 4.78 is 0. The molecule has 2 nitrogen and oxygen atoms in total. The quantitative estimate of drug-likeness (QED) is 0.760. The third kappa shape index (κ3) is 2.43. The highest BCUT2D eigenvalue weighted by Gasteiger charge is 2.41. The largest absolute Gasteiger partial charge is 0.299 e. The summed E-state index contributed by atoms with van der Waals surface area (Å²) in [5.74, 6) is 1.75. The van der Waals surface area contributed by atoms with Crippen LogP contribution in [0.5, 0.6) is 0 Å². The van der Waals surface area contributed by atoms with Gasteiger partial charge < -0.3 is 0 Å². The monoisotopic (exact) mass is 212 g/mol. The Morgan fingerprint density at radius 1 is 1.64 bits per heavy atom. The summed E-state index contributed by atoms with van der Waals surface area (Å²) in [5.41, 5.74) is -0.204. The molecule has 1 aliphatic carbocycles. The molecule has 1 saturated carbocycles. The van der Waals surface area contributed by atoms with Crippen molar-refractivity contribution in [3.8, 4) is 6.07 Å². The molecule has 3 heteroatoms. The lowest BCUT2D eigenvalue weighted by atomic mass is 9.86. The maximum Gasteiger partial charge on any atom is 0.109 e. The van der Waals surface area contributed by atoms with E-state index >= 15 is 0 Å². The lowest BCUT2D eigenvalue weighted by molar-refractivity contribution is 0.317. The van der Waals surface area contributed by atoms with Crippen molar-refractivity contribution in [3.05, 3.63) is 0 Å². The third-order valence-corrected chi connectivity index (χ3v) is 3.83. The molecule has 0 radical (unpaired) electrons. The highest BCUT2D eigenvalue weighted by atomic mass is 32.2. The molecule has 0 aliphatic heterocycles. The van der Waals surface area contributed by atoms with Crippen molar-refractivity contribution in [3.63, 3.8) is 0 Å². The minimum atomic E-state index is -0.204. The van der Waals surface area contributed by atoms with E-state index in [2.05, 4.69) is 24.6 Å². The molecule has 14 heavy (non-hydrogen) atoms. The molecule has 0 aromatic rings. The van der Waals surface area contributed by atoms with Crippen LogP contribution >= 0.6 is 11.8 Å². The van der Waals surface area contributed by atoms with Gasteiger partial charge in [0.2, 0.25) is 0 Å². The minimum absolute atomic E-state index is 0.204. The number of hydrogen-bond acceptors (Lipinski definition) is 3. The topological polar surface area (TPSA) is 35.8 Å². The van der Waals surface area contributed by atoms with Crippen LogP contribution < -0.4 is 5.32 Å². The summed E-state index contributed by atoms with van der Waals surface area (Å²) in [7, 11) is 0. The first-order valence-corrected chi connectivity index (χ1v) is 6.83. The first kappa shape index (κ1) is 11.9. The van der Waals surface area contributed by atoms with Crippen LogP contribution in [0.4, 0.5) is 0 Å². The normalized spacial score (nSPS) is 31.6. The zero-order valence-electron chi connectivity index (χ0n) is 9.18. The Bertz CT molecular complexity index is 212. The van der Waals surface area contributed by atoms with Crippen molar-refractivity contribution >= 4 is 11.8 Å². The second-order valence-electron chi connectivity index (χ2n) is 3.98. The molecule has 2 unspecified atom stereocenters. The molecular weight excluding hydrogens is 192 g/mol. The molecule has 0 aromatic carbocycles. The second-order valence-corrected chi connectivity index (χ2v) is 4.97. The Morgan fingerprint density at radius 3 is 3.00 bits per heavy atom. The van der Waals surface area contributed by atoms with Gasteiger partial charge in [-0.2, -0.15) is 17.0 Å². The van der Waals surface area contributed by atoms with Crippen molar-refractivity contribution in [1.82, 2.24) is 5.32 Å². The van der Waals surface area contributed by atoms with Gasteiger partial charge in [-0.3, -0.25) is 5.32 Å². The molecule has 0 heterocycles. The molecule has 1 rings (SSSR count). The maximum absolute atomic E-state index is 9.30. The van der Waals surface area contributed by atoms with Crippen LogP contribution in [0.2, 0.25) is 0 Å². The summed E-state index contributed by atoms with van der Waals surface area (Å²) in [6.45, 7) is 2.99. The van der Waals surface area contributed by atoms with Crippen molar-refractivity contribution < 1.29 is 0 Å². The number of nitrogens with zero attached hydrogens (tertiary/aromatic N) is 1. The van der Waals surface area contributed by atoms with Gasteiger partial charge in [0.1, 0.15) is 5.54 Å². The van der Waals surface area contributed by atoms with Crippen LogP contribution in [0.15, 0.2) is 0 Å². The lowest BCUT2D eigenvalue weighted by Gasteiger charge is -2.29. The highest BCUT2D eigenvalue weighted by molar-refractivity contribution is 7.98. The fourth-order valence-corrected chi connectivity index (χ4v) is 2.98. The standard InChI is InChI=1S/C11H20N2S/c1-3-13-11(9-12)7-4-5-10(11)6-8-14-2/h10,13H,3-8H2,1-2H3. The third-order valence-electron chi connectivity index (χ3n) is 3.18. The summed E-state index contributed by atoms with van der Waals surface area (Å²) >= 11 is 1.88. The van der Waals surface area contributed by atoms with E-state index in [0.29, 0.717) is 5.92 Å². The Hall–Kier alpha value is -0.200. The fourth-order valence-electron chi connectivity index (χ4n) is 2.46. The van der Waals surface area contributed by atoms with Crippen LogP contribution in [0, 0.1) is 17.2 Å². The predicted molar refractivity (Wildman–Crippen MR) is 62.4 cm³/mol. The van der Waals surface area contributed by atoms with Crippen molar-refractivity contribution in [1.29, 1.82) is 5.26 Å². The van der Waals surface area contributed by atoms with Crippen LogP contribution in [-0.4, -0.2) is 24.1 Å². The van der Waals surface area contributed by atoms with Gasteiger partial charge in [0.05, 0.1) is 6.07 Å². The van der Waals surface area contributed by atoms with Gasteiger partial charge in [0, 0.05) is 0 Å². The maximum atomic E-state index is 9.30. The summed E-state index contributed by atoms with van der Waals surface area (Å²) in [4.78, 5) is 0. The van der Waals surface area contributed by atoms with Crippen LogP contribution in [0.3, 0.4) is 0 Å². The average molecular weight is 212 g/mol. The second kappa shape index (κ2) is 5.63. The van der Waals surface area contributed by atoms with Gasteiger partial charge in [-0.15, -0.1) is 0 Å². The average Bonchev–Trinajstić information content (AvgIpc) is 2.59. The Kier molecular flexibility index (Phi) is 4.77. The van der Waals surface area contributed by atoms with Crippen molar-refractivity contribution in [2.75, 3.05) is 18.6 Å². The van der Waals surface area contributed by atoms with E-state index in [1.54, 1.807) is 0 Å². The van der Waals surface area contributed by atoms with Gasteiger partial charge in [-0.25, -0.2) is 0 Å². The molecule has 1 fully saturated rings. The van der Waals surface area contributed by atoms with Gasteiger partial charge in [-0.05, 0) is 43.7 Å². The Labute approximate surface area is 91.4 Å². The van der Waals surface area contributed by atoms with Gasteiger partial charge in [-0.1, -0.05) is 13.3 Å². The SMILES string of the molecule is CCNC1(C#N)CCCC1CCSC. The molecule has 1 aliphatic rings.